The molecule has 5 heterocycles. The van der Waals surface area contributed by atoms with Crippen molar-refractivity contribution in [3.63, 3.8) is 0 Å². The molecular formula is C44H28N6O6. The fourth-order valence-corrected chi connectivity index (χ4v) is 6.60. The van der Waals surface area contributed by atoms with Gasteiger partial charge >= 0.3 is 0 Å². The van der Waals surface area contributed by atoms with Gasteiger partial charge in [0.25, 0.3) is 11.4 Å². The molecule has 12 heteroatoms. The third kappa shape index (κ3) is 6.88. The number of aromatic nitrogens is 4. The van der Waals surface area contributed by atoms with Crippen molar-refractivity contribution < 1.29 is 19.3 Å². The average molecular weight is 737 g/mol. The highest BCUT2D eigenvalue weighted by Crippen LogP contribution is 2.35. The van der Waals surface area contributed by atoms with Gasteiger partial charge in [-0.1, -0.05) is 24.3 Å². The van der Waals surface area contributed by atoms with Gasteiger partial charge in [-0.2, -0.15) is 0 Å². The normalized spacial score (nSPS) is 11.7. The lowest BCUT2D eigenvalue weighted by molar-refractivity contribution is -0.385. The predicted molar refractivity (Wildman–Crippen MR) is 216 cm³/mol. The Kier molecular flexibility index (Phi) is 8.44. The molecule has 0 spiro atoms. The molecule has 56 heavy (non-hydrogen) atoms. The van der Waals surface area contributed by atoms with E-state index in [1.807, 2.05) is 109 Å². The minimum atomic E-state index is -0.444. The first kappa shape index (κ1) is 33.7. The zero-order chi connectivity index (χ0) is 38.2. The lowest BCUT2D eigenvalue weighted by Crippen LogP contribution is -1.89. The molecule has 0 radical (unpaired) electrons. The smallest absolute Gasteiger partial charge is 0.269 e. The van der Waals surface area contributed by atoms with Gasteiger partial charge < -0.3 is 19.4 Å². The van der Waals surface area contributed by atoms with E-state index in [9.17, 15) is 20.2 Å². The molecule has 0 fully saturated rings. The number of nitrogens with one attached hydrogen (secondary N) is 2. The molecule has 0 saturated heterocycles. The highest BCUT2D eigenvalue weighted by atomic mass is 16.6. The maximum Gasteiger partial charge on any atom is 0.269 e. The summed E-state index contributed by atoms with van der Waals surface area (Å²) in [6.45, 7) is 0. The van der Waals surface area contributed by atoms with Crippen LogP contribution < -0.4 is 9.47 Å². The topological polar surface area (TPSA) is 162 Å². The highest BCUT2D eigenvalue weighted by molar-refractivity contribution is 5.93. The van der Waals surface area contributed by atoms with Gasteiger partial charge in [-0.25, -0.2) is 9.97 Å². The molecule has 0 amide bonds. The van der Waals surface area contributed by atoms with Gasteiger partial charge in [0.1, 0.15) is 23.0 Å². The van der Waals surface area contributed by atoms with Gasteiger partial charge in [0, 0.05) is 57.5 Å². The Bertz CT molecular complexity index is 2700. The molecular weight excluding hydrogens is 709 g/mol. The monoisotopic (exact) mass is 736 g/mol. The number of aromatic amines is 2. The predicted octanol–water partition coefficient (Wildman–Crippen LogP) is 11.4. The van der Waals surface area contributed by atoms with E-state index in [4.69, 9.17) is 19.4 Å². The third-order valence-corrected chi connectivity index (χ3v) is 9.25. The first-order chi connectivity index (χ1) is 27.3. The van der Waals surface area contributed by atoms with E-state index in [2.05, 4.69) is 9.97 Å². The summed E-state index contributed by atoms with van der Waals surface area (Å²) in [7, 11) is 0. The zero-order valence-corrected chi connectivity index (χ0v) is 29.2. The van der Waals surface area contributed by atoms with Crippen LogP contribution in [0, 0.1) is 20.2 Å². The van der Waals surface area contributed by atoms with Crippen molar-refractivity contribution in [2.45, 2.75) is 0 Å². The molecule has 9 rings (SSSR count). The summed E-state index contributed by atoms with van der Waals surface area (Å²) in [6, 6.07) is 39.3. The number of nitro benzene ring substituents is 2. The summed E-state index contributed by atoms with van der Waals surface area (Å²) in [5, 5.41) is 22.1. The highest BCUT2D eigenvalue weighted by Gasteiger charge is 2.15. The Hall–Kier alpha value is -8.12. The van der Waals surface area contributed by atoms with E-state index in [1.165, 1.54) is 24.3 Å². The number of rotatable bonds is 8. The fraction of sp³-hybridized carbons (Fsp3) is 0. The first-order valence-corrected chi connectivity index (χ1v) is 17.5. The van der Waals surface area contributed by atoms with Crippen LogP contribution >= 0.6 is 0 Å². The summed E-state index contributed by atoms with van der Waals surface area (Å²) in [6.07, 6.45) is 7.91. The Morgan fingerprint density at radius 3 is 1.20 bits per heavy atom. The summed E-state index contributed by atoms with van der Waals surface area (Å²) < 4.78 is 11.9. The second-order valence-corrected chi connectivity index (χ2v) is 13.0. The van der Waals surface area contributed by atoms with Gasteiger partial charge in [0.05, 0.1) is 32.6 Å². The Morgan fingerprint density at radius 2 is 0.821 bits per heavy atom. The van der Waals surface area contributed by atoms with Crippen molar-refractivity contribution in [2.75, 3.05) is 0 Å². The van der Waals surface area contributed by atoms with Gasteiger partial charge in [-0.15, -0.1) is 0 Å². The van der Waals surface area contributed by atoms with Crippen molar-refractivity contribution in [2.24, 2.45) is 0 Å². The van der Waals surface area contributed by atoms with Crippen molar-refractivity contribution in [1.29, 1.82) is 0 Å². The van der Waals surface area contributed by atoms with Crippen LogP contribution in [0.3, 0.4) is 0 Å². The van der Waals surface area contributed by atoms with Crippen LogP contribution in [-0.4, -0.2) is 29.8 Å². The average Bonchev–Trinajstić information content (AvgIpc) is 4.04. The zero-order valence-electron chi connectivity index (χ0n) is 29.2. The number of fused-ring (bicyclic) bond motifs is 8. The molecule has 12 nitrogen and oxygen atoms in total. The summed E-state index contributed by atoms with van der Waals surface area (Å²) >= 11 is 0. The number of hydrogen-bond acceptors (Lipinski definition) is 8. The van der Waals surface area contributed by atoms with Crippen molar-refractivity contribution in [3.05, 3.63) is 176 Å². The van der Waals surface area contributed by atoms with Crippen LogP contribution in [0.15, 0.2) is 133 Å². The molecule has 0 saturated carbocycles. The Morgan fingerprint density at radius 1 is 0.446 bits per heavy atom. The SMILES string of the molecule is O=[N+]([O-])c1ccc(Oc2ccc(-c3c4nc(cc5nc(c(-c6ccc(Oc7ccc([N+](=O)[O-])cc7)cc6)c6ccc(cc7ccc3[nH]7)[nH]6)C=C5)C=C4)cc2)cc1. The van der Waals surface area contributed by atoms with E-state index in [1.54, 1.807) is 24.3 Å². The molecule has 3 aromatic heterocycles. The van der Waals surface area contributed by atoms with Crippen LogP contribution in [0.5, 0.6) is 23.0 Å². The third-order valence-electron chi connectivity index (χ3n) is 9.25. The first-order valence-electron chi connectivity index (χ1n) is 17.5. The van der Waals surface area contributed by atoms with E-state index in [0.717, 1.165) is 67.1 Å². The number of nitrogens with zero attached hydrogens (tertiary/aromatic N) is 4. The molecule has 0 aliphatic carbocycles. The molecule has 0 atom stereocenters. The second kappa shape index (κ2) is 14.0. The van der Waals surface area contributed by atoms with Gasteiger partial charge in [0.2, 0.25) is 0 Å². The largest absolute Gasteiger partial charge is 0.457 e. The Balaban J connectivity index is 1.10. The second-order valence-electron chi connectivity index (χ2n) is 13.0. The molecule has 7 aromatic rings. The van der Waals surface area contributed by atoms with Gasteiger partial charge in [-0.3, -0.25) is 20.2 Å². The number of ether oxygens (including phenoxy) is 2. The molecule has 4 aromatic carbocycles. The fourth-order valence-electron chi connectivity index (χ4n) is 6.60. The number of nitro groups is 2. The summed E-state index contributed by atoms with van der Waals surface area (Å²) in [4.78, 5) is 38.4. The van der Waals surface area contributed by atoms with Crippen molar-refractivity contribution in [1.82, 2.24) is 19.9 Å². The van der Waals surface area contributed by atoms with E-state index in [0.29, 0.717) is 23.0 Å². The van der Waals surface area contributed by atoms with Crippen LogP contribution in [0.2, 0.25) is 0 Å². The number of benzene rings is 4. The van der Waals surface area contributed by atoms with Crippen molar-refractivity contribution >= 4 is 57.7 Å². The molecule has 2 aliphatic heterocycles. The van der Waals surface area contributed by atoms with Gasteiger partial charge in [-0.05, 0) is 120 Å². The van der Waals surface area contributed by atoms with E-state index >= 15 is 0 Å². The molecule has 0 unspecified atom stereocenters. The minimum Gasteiger partial charge on any atom is -0.457 e. The maximum atomic E-state index is 11.0. The number of hydrogen-bond donors (Lipinski definition) is 2. The maximum absolute atomic E-state index is 11.0. The molecule has 2 N–H and O–H groups in total. The van der Waals surface area contributed by atoms with Crippen LogP contribution in [0.1, 0.15) is 22.8 Å². The Labute approximate surface area is 318 Å². The standard InChI is InChI=1S/C44H28N6O6/c51-49(52)33-9-17-37(18-10-33)55-35-13-1-27(2-14-35)43-39-21-5-29(45-39)25-31-7-23-41(47-31)44(42-24-8-32(48-42)26-30-6-22-40(43)46-30)28-3-15-36(16-4-28)56-38-19-11-34(12-20-38)50(53)54/h1-26,45,47H. The molecule has 2 aliphatic rings. The summed E-state index contributed by atoms with van der Waals surface area (Å²) in [5.41, 5.74) is 10.2. The quantitative estimate of drug-likeness (QED) is 0.115. The van der Waals surface area contributed by atoms with Crippen molar-refractivity contribution in [3.8, 4) is 45.3 Å². The van der Waals surface area contributed by atoms with Crippen LogP contribution in [-0.2, 0) is 0 Å². The van der Waals surface area contributed by atoms with E-state index in [-0.39, 0.29) is 11.4 Å². The lowest BCUT2D eigenvalue weighted by Gasteiger charge is -2.08. The number of non-ortho nitro benzene ring substituents is 2. The minimum absolute atomic E-state index is 0.00215. The van der Waals surface area contributed by atoms with Crippen LogP contribution in [0.4, 0.5) is 11.4 Å². The van der Waals surface area contributed by atoms with Gasteiger partial charge in [0.15, 0.2) is 0 Å². The molecule has 8 bridgehead atoms. The lowest BCUT2D eigenvalue weighted by atomic mass is 10.0. The molecule has 270 valence electrons. The number of H-pyrrole nitrogens is 2. The van der Waals surface area contributed by atoms with E-state index < -0.39 is 9.85 Å². The van der Waals surface area contributed by atoms with Crippen LogP contribution in [0.25, 0.3) is 68.6 Å². The summed E-state index contributed by atoms with van der Waals surface area (Å²) in [5.74, 6) is 2.16.